The van der Waals surface area contributed by atoms with Crippen molar-refractivity contribution in [1.82, 2.24) is 4.31 Å². The quantitative estimate of drug-likeness (QED) is 0.945. The maximum atomic E-state index is 13.4. The van der Waals surface area contributed by atoms with Gasteiger partial charge in [-0.05, 0) is 48.2 Å². The zero-order chi connectivity index (χ0) is 15.7. The van der Waals surface area contributed by atoms with Crippen LogP contribution in [0.25, 0.3) is 11.1 Å². The summed E-state index contributed by atoms with van der Waals surface area (Å²) in [6.45, 7) is 1.13. The molecular formula is C16H16FNO3S. The molecule has 116 valence electrons. The van der Waals surface area contributed by atoms with Crippen molar-refractivity contribution in [3.8, 4) is 16.9 Å². The Morgan fingerprint density at radius 2 is 1.55 bits per heavy atom. The van der Waals surface area contributed by atoms with Crippen LogP contribution < -0.4 is 0 Å². The van der Waals surface area contributed by atoms with E-state index in [1.165, 1.54) is 28.6 Å². The minimum atomic E-state index is -3.43. The fourth-order valence-electron chi connectivity index (χ4n) is 2.58. The number of benzene rings is 2. The summed E-state index contributed by atoms with van der Waals surface area (Å²) in [5, 5.41) is 9.20. The Balaban J connectivity index is 1.90. The summed E-state index contributed by atoms with van der Waals surface area (Å²) >= 11 is 0. The molecule has 2 aromatic carbocycles. The molecule has 0 bridgehead atoms. The van der Waals surface area contributed by atoms with Crippen LogP contribution in [0, 0.1) is 5.82 Å². The van der Waals surface area contributed by atoms with Gasteiger partial charge in [-0.25, -0.2) is 12.8 Å². The number of nitrogens with zero attached hydrogens (tertiary/aromatic N) is 1. The van der Waals surface area contributed by atoms with E-state index in [0.717, 1.165) is 12.8 Å². The van der Waals surface area contributed by atoms with Gasteiger partial charge in [0.1, 0.15) is 0 Å². The van der Waals surface area contributed by atoms with Gasteiger partial charge in [-0.1, -0.05) is 18.2 Å². The van der Waals surface area contributed by atoms with Gasteiger partial charge in [0.2, 0.25) is 10.0 Å². The maximum Gasteiger partial charge on any atom is 0.243 e. The fraction of sp³-hybridized carbons (Fsp3) is 0.250. The number of halogens is 1. The highest BCUT2D eigenvalue weighted by Crippen LogP contribution is 2.27. The SMILES string of the molecule is O=S(=O)(c1ccc(-c2ccc(O)c(F)c2)cc1)N1CCCC1. The summed E-state index contributed by atoms with van der Waals surface area (Å²) in [6, 6.07) is 10.5. The highest BCUT2D eigenvalue weighted by Gasteiger charge is 2.26. The third kappa shape index (κ3) is 2.71. The van der Waals surface area contributed by atoms with Crippen LogP contribution in [0.15, 0.2) is 47.4 Å². The molecule has 1 aliphatic heterocycles. The number of rotatable bonds is 3. The fourth-order valence-corrected chi connectivity index (χ4v) is 4.10. The van der Waals surface area contributed by atoms with Crippen LogP contribution in [0.2, 0.25) is 0 Å². The van der Waals surface area contributed by atoms with Gasteiger partial charge in [0, 0.05) is 13.1 Å². The minimum Gasteiger partial charge on any atom is -0.505 e. The van der Waals surface area contributed by atoms with Gasteiger partial charge in [0.15, 0.2) is 11.6 Å². The van der Waals surface area contributed by atoms with E-state index < -0.39 is 21.6 Å². The third-order valence-corrected chi connectivity index (χ3v) is 5.75. The predicted octanol–water partition coefficient (Wildman–Crippen LogP) is 2.98. The number of hydrogen-bond donors (Lipinski definition) is 1. The third-order valence-electron chi connectivity index (χ3n) is 3.84. The lowest BCUT2D eigenvalue weighted by molar-refractivity contribution is 0.432. The van der Waals surface area contributed by atoms with E-state index in [-0.39, 0.29) is 4.90 Å². The summed E-state index contributed by atoms with van der Waals surface area (Å²) < 4.78 is 39.7. The van der Waals surface area contributed by atoms with E-state index in [4.69, 9.17) is 0 Å². The Kier molecular flexibility index (Phi) is 3.88. The van der Waals surface area contributed by atoms with Crippen LogP contribution in [0.3, 0.4) is 0 Å². The van der Waals surface area contributed by atoms with Crippen molar-refractivity contribution in [2.24, 2.45) is 0 Å². The average molecular weight is 321 g/mol. The second kappa shape index (κ2) is 5.70. The average Bonchev–Trinajstić information content (AvgIpc) is 3.05. The van der Waals surface area contributed by atoms with Gasteiger partial charge in [0.25, 0.3) is 0 Å². The molecule has 0 radical (unpaired) electrons. The van der Waals surface area contributed by atoms with Crippen LogP contribution in [0.1, 0.15) is 12.8 Å². The van der Waals surface area contributed by atoms with E-state index in [2.05, 4.69) is 0 Å². The van der Waals surface area contributed by atoms with E-state index in [1.54, 1.807) is 18.2 Å². The van der Waals surface area contributed by atoms with Crippen molar-refractivity contribution in [3.63, 3.8) is 0 Å². The molecule has 6 heteroatoms. The molecule has 0 aliphatic carbocycles. The van der Waals surface area contributed by atoms with E-state index in [1.807, 2.05) is 0 Å². The normalized spacial score (nSPS) is 16.0. The smallest absolute Gasteiger partial charge is 0.243 e. The Labute approximate surface area is 128 Å². The largest absolute Gasteiger partial charge is 0.505 e. The molecule has 0 unspecified atom stereocenters. The molecule has 3 rings (SSSR count). The molecule has 1 saturated heterocycles. The van der Waals surface area contributed by atoms with E-state index in [9.17, 15) is 17.9 Å². The second-order valence-electron chi connectivity index (χ2n) is 5.30. The predicted molar refractivity (Wildman–Crippen MR) is 81.5 cm³/mol. The molecule has 1 fully saturated rings. The second-order valence-corrected chi connectivity index (χ2v) is 7.24. The molecule has 1 heterocycles. The number of phenols is 1. The van der Waals surface area contributed by atoms with E-state index in [0.29, 0.717) is 24.2 Å². The number of sulfonamides is 1. The van der Waals surface area contributed by atoms with Crippen LogP contribution >= 0.6 is 0 Å². The standard InChI is InChI=1S/C16H16FNO3S/c17-15-11-13(5-8-16(15)19)12-3-6-14(7-4-12)22(20,21)18-9-1-2-10-18/h3-8,11,19H,1-2,9-10H2. The summed E-state index contributed by atoms with van der Waals surface area (Å²) in [7, 11) is -3.43. The molecular weight excluding hydrogens is 305 g/mol. The van der Waals surface area contributed by atoms with Crippen LogP contribution in [0.5, 0.6) is 5.75 Å². The highest BCUT2D eigenvalue weighted by molar-refractivity contribution is 7.89. The summed E-state index contributed by atoms with van der Waals surface area (Å²) in [5.41, 5.74) is 1.28. The van der Waals surface area contributed by atoms with Gasteiger partial charge in [-0.2, -0.15) is 4.31 Å². The van der Waals surface area contributed by atoms with Gasteiger partial charge >= 0.3 is 0 Å². The monoisotopic (exact) mass is 321 g/mol. The lowest BCUT2D eigenvalue weighted by atomic mass is 10.1. The van der Waals surface area contributed by atoms with Crippen molar-refractivity contribution in [2.75, 3.05) is 13.1 Å². The summed E-state index contributed by atoms with van der Waals surface area (Å²) in [4.78, 5) is 0.248. The van der Waals surface area contributed by atoms with Crippen molar-refractivity contribution >= 4 is 10.0 Å². The molecule has 0 amide bonds. The first-order valence-electron chi connectivity index (χ1n) is 7.07. The zero-order valence-corrected chi connectivity index (χ0v) is 12.7. The highest BCUT2D eigenvalue weighted by atomic mass is 32.2. The summed E-state index contributed by atoms with van der Waals surface area (Å²) in [6.07, 6.45) is 1.79. The topological polar surface area (TPSA) is 57.6 Å². The zero-order valence-electron chi connectivity index (χ0n) is 11.9. The Bertz CT molecular complexity index is 782. The first kappa shape index (κ1) is 15.0. The molecule has 0 saturated carbocycles. The first-order chi connectivity index (χ1) is 10.5. The minimum absolute atomic E-state index is 0.248. The van der Waals surface area contributed by atoms with Crippen LogP contribution in [-0.2, 0) is 10.0 Å². The molecule has 0 atom stereocenters. The molecule has 4 nitrogen and oxygen atoms in total. The number of hydrogen-bond acceptors (Lipinski definition) is 3. The first-order valence-corrected chi connectivity index (χ1v) is 8.51. The maximum absolute atomic E-state index is 13.4. The molecule has 22 heavy (non-hydrogen) atoms. The molecule has 0 spiro atoms. The lowest BCUT2D eigenvalue weighted by Crippen LogP contribution is -2.27. The van der Waals surface area contributed by atoms with Crippen LogP contribution in [0.4, 0.5) is 4.39 Å². The van der Waals surface area contributed by atoms with Crippen molar-refractivity contribution < 1.29 is 17.9 Å². The Morgan fingerprint density at radius 1 is 0.955 bits per heavy atom. The van der Waals surface area contributed by atoms with Crippen molar-refractivity contribution in [2.45, 2.75) is 17.7 Å². The van der Waals surface area contributed by atoms with Crippen molar-refractivity contribution in [1.29, 1.82) is 0 Å². The van der Waals surface area contributed by atoms with Gasteiger partial charge in [-0.3, -0.25) is 0 Å². The Morgan fingerprint density at radius 3 is 2.14 bits per heavy atom. The molecule has 2 aromatic rings. The van der Waals surface area contributed by atoms with Gasteiger partial charge in [-0.15, -0.1) is 0 Å². The van der Waals surface area contributed by atoms with Gasteiger partial charge in [0.05, 0.1) is 4.90 Å². The van der Waals surface area contributed by atoms with Crippen molar-refractivity contribution in [3.05, 3.63) is 48.3 Å². The van der Waals surface area contributed by atoms with Gasteiger partial charge < -0.3 is 5.11 Å². The lowest BCUT2D eigenvalue weighted by Gasteiger charge is -2.15. The molecule has 0 aromatic heterocycles. The molecule has 1 aliphatic rings. The van der Waals surface area contributed by atoms with Crippen LogP contribution in [-0.4, -0.2) is 30.9 Å². The Hall–Kier alpha value is -1.92. The number of aromatic hydroxyl groups is 1. The van der Waals surface area contributed by atoms with E-state index >= 15 is 0 Å². The molecule has 1 N–H and O–H groups in total. The summed E-state index contributed by atoms with van der Waals surface area (Å²) in [5.74, 6) is -1.11. The number of phenolic OH excluding ortho intramolecular Hbond substituents is 1.